The number of halogens is 1. The van der Waals surface area contributed by atoms with Crippen LogP contribution < -0.4 is 10.6 Å². The maximum atomic E-state index is 13.6. The van der Waals surface area contributed by atoms with Crippen molar-refractivity contribution in [3.8, 4) is 0 Å². The monoisotopic (exact) mass is 314 g/mol. The van der Waals surface area contributed by atoms with Crippen LogP contribution >= 0.6 is 0 Å². The lowest BCUT2D eigenvalue weighted by Gasteiger charge is -2.08. The van der Waals surface area contributed by atoms with Crippen LogP contribution in [0.4, 0.5) is 10.1 Å². The molecule has 0 aliphatic rings. The first-order valence-corrected chi connectivity index (χ1v) is 7.56. The summed E-state index contributed by atoms with van der Waals surface area (Å²) in [6, 6.07) is 12.3. The maximum absolute atomic E-state index is 13.6. The maximum Gasteiger partial charge on any atom is 0.258 e. The summed E-state index contributed by atoms with van der Waals surface area (Å²) in [5, 5.41) is 5.41. The summed E-state index contributed by atoms with van der Waals surface area (Å²) in [5.74, 6) is -1.33. The van der Waals surface area contributed by atoms with Gasteiger partial charge in [-0.05, 0) is 36.8 Å². The van der Waals surface area contributed by atoms with Crippen LogP contribution in [0.5, 0.6) is 0 Å². The third-order valence-corrected chi connectivity index (χ3v) is 3.32. The van der Waals surface area contributed by atoms with E-state index >= 15 is 0 Å². The van der Waals surface area contributed by atoms with E-state index in [9.17, 15) is 14.0 Å². The van der Waals surface area contributed by atoms with Gasteiger partial charge in [-0.25, -0.2) is 4.39 Å². The molecule has 0 bridgehead atoms. The summed E-state index contributed by atoms with van der Waals surface area (Å²) >= 11 is 0. The Hall–Kier alpha value is -2.69. The van der Waals surface area contributed by atoms with Crippen molar-refractivity contribution in [2.75, 3.05) is 11.9 Å². The Morgan fingerprint density at radius 2 is 1.83 bits per heavy atom. The molecule has 0 aliphatic heterocycles. The van der Waals surface area contributed by atoms with Gasteiger partial charge in [0.2, 0.25) is 0 Å². The van der Waals surface area contributed by atoms with Gasteiger partial charge in [0.25, 0.3) is 11.8 Å². The van der Waals surface area contributed by atoms with Gasteiger partial charge in [-0.1, -0.05) is 31.5 Å². The molecule has 5 heteroatoms. The summed E-state index contributed by atoms with van der Waals surface area (Å²) < 4.78 is 13.6. The Balaban J connectivity index is 2.07. The first-order chi connectivity index (χ1) is 11.1. The van der Waals surface area contributed by atoms with Crippen LogP contribution in [0.25, 0.3) is 0 Å². The third kappa shape index (κ3) is 4.64. The van der Waals surface area contributed by atoms with Crippen molar-refractivity contribution in [2.45, 2.75) is 19.8 Å². The van der Waals surface area contributed by atoms with E-state index in [1.165, 1.54) is 18.2 Å². The number of hydrogen-bond donors (Lipinski definition) is 2. The van der Waals surface area contributed by atoms with Gasteiger partial charge >= 0.3 is 0 Å². The number of hydrogen-bond acceptors (Lipinski definition) is 2. The molecule has 0 radical (unpaired) electrons. The third-order valence-electron chi connectivity index (χ3n) is 3.32. The standard InChI is InChI=1S/C18H19FN2O2/c1-2-3-11-20-17(22)13-7-6-8-14(12-13)21-18(23)15-9-4-5-10-16(15)19/h4-10,12H,2-3,11H2,1H3,(H,20,22)(H,21,23). The predicted molar refractivity (Wildman–Crippen MR) is 88.0 cm³/mol. The zero-order chi connectivity index (χ0) is 16.7. The summed E-state index contributed by atoms with van der Waals surface area (Å²) in [6.07, 6.45) is 1.91. The van der Waals surface area contributed by atoms with Gasteiger partial charge in [-0.2, -0.15) is 0 Å². The predicted octanol–water partition coefficient (Wildman–Crippen LogP) is 3.61. The molecule has 0 atom stereocenters. The Labute approximate surface area is 134 Å². The van der Waals surface area contributed by atoms with Crippen molar-refractivity contribution in [3.63, 3.8) is 0 Å². The van der Waals surface area contributed by atoms with Gasteiger partial charge in [0.05, 0.1) is 5.56 Å². The molecule has 4 nitrogen and oxygen atoms in total. The van der Waals surface area contributed by atoms with E-state index in [-0.39, 0.29) is 11.5 Å². The Bertz CT molecular complexity index is 701. The van der Waals surface area contributed by atoms with E-state index in [0.29, 0.717) is 17.8 Å². The molecule has 120 valence electrons. The fraction of sp³-hybridized carbons (Fsp3) is 0.222. The molecule has 0 aromatic heterocycles. The second kappa shape index (κ2) is 8.08. The van der Waals surface area contributed by atoms with Crippen molar-refractivity contribution in [3.05, 3.63) is 65.5 Å². The minimum Gasteiger partial charge on any atom is -0.352 e. The van der Waals surface area contributed by atoms with Crippen LogP contribution in [0.3, 0.4) is 0 Å². The minimum atomic E-state index is -0.585. The SMILES string of the molecule is CCCCNC(=O)c1cccc(NC(=O)c2ccccc2F)c1. The van der Waals surface area contributed by atoms with E-state index in [1.54, 1.807) is 30.3 Å². The molecule has 23 heavy (non-hydrogen) atoms. The van der Waals surface area contributed by atoms with Gasteiger partial charge in [0, 0.05) is 17.8 Å². The Morgan fingerprint density at radius 3 is 2.57 bits per heavy atom. The lowest BCUT2D eigenvalue weighted by Crippen LogP contribution is -2.24. The molecule has 0 saturated carbocycles. The topological polar surface area (TPSA) is 58.2 Å². The lowest BCUT2D eigenvalue weighted by atomic mass is 10.1. The number of benzene rings is 2. The van der Waals surface area contributed by atoms with Gasteiger partial charge in [0.1, 0.15) is 5.82 Å². The van der Waals surface area contributed by atoms with Crippen molar-refractivity contribution in [1.82, 2.24) is 5.32 Å². The molecule has 0 spiro atoms. The van der Waals surface area contributed by atoms with Crippen LogP contribution in [0, 0.1) is 5.82 Å². The average Bonchev–Trinajstić information content (AvgIpc) is 2.55. The fourth-order valence-corrected chi connectivity index (χ4v) is 2.06. The molecular formula is C18H19FN2O2. The number of carbonyl (C=O) groups excluding carboxylic acids is 2. The van der Waals surface area contributed by atoms with Gasteiger partial charge < -0.3 is 10.6 Å². The van der Waals surface area contributed by atoms with Crippen molar-refractivity contribution < 1.29 is 14.0 Å². The number of amides is 2. The zero-order valence-electron chi connectivity index (χ0n) is 12.9. The summed E-state index contributed by atoms with van der Waals surface area (Å²) in [7, 11) is 0. The van der Waals surface area contributed by atoms with E-state index in [4.69, 9.17) is 0 Å². The highest BCUT2D eigenvalue weighted by molar-refractivity contribution is 6.05. The van der Waals surface area contributed by atoms with Crippen molar-refractivity contribution in [1.29, 1.82) is 0 Å². The normalized spacial score (nSPS) is 10.2. The summed E-state index contributed by atoms with van der Waals surface area (Å²) in [4.78, 5) is 24.1. The molecule has 0 heterocycles. The molecule has 2 rings (SSSR count). The van der Waals surface area contributed by atoms with Crippen LogP contribution in [0.15, 0.2) is 48.5 Å². The summed E-state index contributed by atoms with van der Waals surface area (Å²) in [5.41, 5.74) is 0.860. The molecule has 2 amide bonds. The average molecular weight is 314 g/mol. The minimum absolute atomic E-state index is 0.0368. The second-order valence-corrected chi connectivity index (χ2v) is 5.12. The fourth-order valence-electron chi connectivity index (χ4n) is 2.06. The van der Waals surface area contributed by atoms with Crippen LogP contribution in [0.1, 0.15) is 40.5 Å². The Morgan fingerprint density at radius 1 is 1.04 bits per heavy atom. The van der Waals surface area contributed by atoms with Gasteiger partial charge in [-0.15, -0.1) is 0 Å². The van der Waals surface area contributed by atoms with E-state index in [2.05, 4.69) is 10.6 Å². The zero-order valence-corrected chi connectivity index (χ0v) is 12.9. The van der Waals surface area contributed by atoms with Crippen LogP contribution in [0.2, 0.25) is 0 Å². The highest BCUT2D eigenvalue weighted by Gasteiger charge is 2.12. The van der Waals surface area contributed by atoms with Crippen molar-refractivity contribution >= 4 is 17.5 Å². The molecule has 0 fully saturated rings. The first kappa shape index (κ1) is 16.7. The number of carbonyl (C=O) groups is 2. The number of unbranched alkanes of at least 4 members (excludes halogenated alkanes) is 1. The molecule has 0 unspecified atom stereocenters. The van der Waals surface area contributed by atoms with Crippen molar-refractivity contribution in [2.24, 2.45) is 0 Å². The quantitative estimate of drug-likeness (QED) is 0.800. The summed E-state index contributed by atoms with van der Waals surface area (Å²) in [6.45, 7) is 2.66. The smallest absolute Gasteiger partial charge is 0.258 e. The highest BCUT2D eigenvalue weighted by Crippen LogP contribution is 2.14. The van der Waals surface area contributed by atoms with E-state index in [0.717, 1.165) is 12.8 Å². The van der Waals surface area contributed by atoms with Gasteiger partial charge in [0.15, 0.2) is 0 Å². The molecule has 0 aliphatic carbocycles. The van der Waals surface area contributed by atoms with Gasteiger partial charge in [-0.3, -0.25) is 9.59 Å². The van der Waals surface area contributed by atoms with E-state index < -0.39 is 11.7 Å². The number of anilines is 1. The van der Waals surface area contributed by atoms with Crippen LogP contribution in [-0.2, 0) is 0 Å². The second-order valence-electron chi connectivity index (χ2n) is 5.12. The first-order valence-electron chi connectivity index (χ1n) is 7.56. The molecule has 2 aromatic rings. The number of nitrogens with one attached hydrogen (secondary N) is 2. The largest absolute Gasteiger partial charge is 0.352 e. The molecule has 2 aromatic carbocycles. The number of rotatable bonds is 6. The molecular weight excluding hydrogens is 295 g/mol. The van der Waals surface area contributed by atoms with E-state index in [1.807, 2.05) is 6.92 Å². The lowest BCUT2D eigenvalue weighted by molar-refractivity contribution is 0.0951. The van der Waals surface area contributed by atoms with Crippen LogP contribution in [-0.4, -0.2) is 18.4 Å². The highest BCUT2D eigenvalue weighted by atomic mass is 19.1. The Kier molecular flexibility index (Phi) is 5.86. The molecule has 0 saturated heterocycles. The molecule has 2 N–H and O–H groups in total.